The summed E-state index contributed by atoms with van der Waals surface area (Å²) in [5, 5.41) is 16.4. The summed E-state index contributed by atoms with van der Waals surface area (Å²) < 4.78 is 11.8. The average Bonchev–Trinajstić information content (AvgIpc) is 3.59. The van der Waals surface area contributed by atoms with Crippen molar-refractivity contribution >= 4 is 28.8 Å². The predicted molar refractivity (Wildman–Crippen MR) is 147 cm³/mol. The summed E-state index contributed by atoms with van der Waals surface area (Å²) >= 11 is 0. The van der Waals surface area contributed by atoms with Gasteiger partial charge in [0.1, 0.15) is 29.7 Å². The van der Waals surface area contributed by atoms with Gasteiger partial charge in [-0.2, -0.15) is 0 Å². The summed E-state index contributed by atoms with van der Waals surface area (Å²) in [5.74, 6) is 0.128. The number of urea groups is 1. The summed E-state index contributed by atoms with van der Waals surface area (Å²) in [4.78, 5) is 44.8. The Balaban J connectivity index is 1.59. The minimum atomic E-state index is -1.11. The fourth-order valence-corrected chi connectivity index (χ4v) is 4.87. The number of amides is 3. The molecule has 10 nitrogen and oxygen atoms in total. The van der Waals surface area contributed by atoms with Crippen LogP contribution in [0.2, 0.25) is 0 Å². The van der Waals surface area contributed by atoms with E-state index in [1.165, 1.54) is 4.90 Å². The quantitative estimate of drug-likeness (QED) is 0.483. The fraction of sp³-hybridized carbons (Fsp3) is 0.586. The monoisotopic (exact) mass is 540 g/mol. The van der Waals surface area contributed by atoms with Crippen LogP contribution in [0.1, 0.15) is 72.4 Å². The van der Waals surface area contributed by atoms with E-state index in [1.807, 2.05) is 65.8 Å². The van der Waals surface area contributed by atoms with Gasteiger partial charge < -0.3 is 30.1 Å². The summed E-state index contributed by atoms with van der Waals surface area (Å²) in [6.45, 7) is 11.1. The minimum Gasteiger partial charge on any atom is -0.497 e. The maximum Gasteiger partial charge on any atom is 0.326 e. The Labute approximate surface area is 229 Å². The van der Waals surface area contributed by atoms with Crippen LogP contribution in [0.3, 0.4) is 0 Å². The van der Waals surface area contributed by atoms with E-state index in [0.29, 0.717) is 17.4 Å². The molecule has 2 aromatic rings. The predicted octanol–water partition coefficient (Wildman–Crippen LogP) is 4.07. The fourth-order valence-electron chi connectivity index (χ4n) is 4.87. The van der Waals surface area contributed by atoms with E-state index < -0.39 is 47.0 Å². The number of nitrogens with zero attached hydrogens (tertiary/aromatic N) is 2. The number of hydrogen-bond acceptors (Lipinski definition) is 6. The molecule has 39 heavy (non-hydrogen) atoms. The van der Waals surface area contributed by atoms with Crippen LogP contribution < -0.4 is 20.1 Å². The van der Waals surface area contributed by atoms with Crippen LogP contribution in [0.4, 0.5) is 4.79 Å². The Morgan fingerprint density at radius 2 is 1.79 bits per heavy atom. The Morgan fingerprint density at radius 3 is 2.36 bits per heavy atom. The highest BCUT2D eigenvalue weighted by atomic mass is 16.5. The van der Waals surface area contributed by atoms with Gasteiger partial charge in [-0.05, 0) is 51.2 Å². The number of carboxylic acid groups (broad SMARTS) is 1. The van der Waals surface area contributed by atoms with Crippen molar-refractivity contribution in [3.8, 4) is 11.5 Å². The van der Waals surface area contributed by atoms with Gasteiger partial charge in [0.2, 0.25) is 5.91 Å². The van der Waals surface area contributed by atoms with Gasteiger partial charge in [0, 0.05) is 41.1 Å². The van der Waals surface area contributed by atoms with E-state index in [9.17, 15) is 19.5 Å². The Kier molecular flexibility index (Phi) is 7.69. The van der Waals surface area contributed by atoms with Crippen molar-refractivity contribution in [2.45, 2.75) is 90.4 Å². The van der Waals surface area contributed by atoms with Gasteiger partial charge in [0.15, 0.2) is 0 Å². The second kappa shape index (κ2) is 10.5. The lowest BCUT2D eigenvalue weighted by molar-refractivity contribution is -0.150. The number of methoxy groups -OCH3 is 1. The van der Waals surface area contributed by atoms with Gasteiger partial charge in [-0.25, -0.2) is 9.59 Å². The summed E-state index contributed by atoms with van der Waals surface area (Å²) in [5.41, 5.74) is 0.528. The molecule has 3 N–H and O–H groups in total. The number of hydrogen-bond donors (Lipinski definition) is 3. The molecular formula is C29H40N4O6. The number of carboxylic acids is 1. The number of fused-ring (bicyclic) bond motifs is 1. The molecule has 2 aliphatic rings. The number of benzene rings is 1. The first-order chi connectivity index (χ1) is 18.2. The zero-order valence-corrected chi connectivity index (χ0v) is 23.8. The summed E-state index contributed by atoms with van der Waals surface area (Å²) in [6.07, 6.45) is 1.72. The number of likely N-dealkylation sites (tertiary alicyclic amines) is 1. The highest BCUT2D eigenvalue weighted by Crippen LogP contribution is 2.42. The number of rotatable bonds is 7. The van der Waals surface area contributed by atoms with E-state index in [0.717, 1.165) is 29.4 Å². The lowest BCUT2D eigenvalue weighted by Gasteiger charge is -2.35. The molecule has 1 aliphatic heterocycles. The maximum absolute atomic E-state index is 13.8. The number of aromatic nitrogens is 1. The van der Waals surface area contributed by atoms with Crippen molar-refractivity contribution in [1.29, 1.82) is 0 Å². The first-order valence-electron chi connectivity index (χ1n) is 13.4. The zero-order valence-electron chi connectivity index (χ0n) is 23.8. The van der Waals surface area contributed by atoms with Gasteiger partial charge in [0.25, 0.3) is 0 Å². The molecule has 0 bridgehead atoms. The van der Waals surface area contributed by atoms with Gasteiger partial charge in [-0.1, -0.05) is 20.8 Å². The second-order valence-electron chi connectivity index (χ2n) is 12.7. The van der Waals surface area contributed by atoms with Crippen LogP contribution in [-0.4, -0.2) is 70.3 Å². The van der Waals surface area contributed by atoms with Crippen LogP contribution in [0.25, 0.3) is 10.9 Å². The molecule has 3 amide bonds. The number of nitrogens with one attached hydrogen (secondary N) is 2. The first kappa shape index (κ1) is 28.4. The zero-order chi connectivity index (χ0) is 28.7. The molecule has 1 unspecified atom stereocenters. The van der Waals surface area contributed by atoms with Crippen LogP contribution in [-0.2, 0) is 9.59 Å². The highest BCUT2D eigenvalue weighted by molar-refractivity contribution is 5.91. The van der Waals surface area contributed by atoms with Gasteiger partial charge >= 0.3 is 12.0 Å². The molecule has 1 aromatic carbocycles. The third kappa shape index (κ3) is 6.72. The molecule has 0 spiro atoms. The van der Waals surface area contributed by atoms with Crippen LogP contribution in [0.5, 0.6) is 11.5 Å². The first-order valence-corrected chi connectivity index (χ1v) is 13.4. The number of ether oxygens (including phenoxy) is 2. The molecule has 10 heteroatoms. The van der Waals surface area contributed by atoms with Crippen molar-refractivity contribution < 1.29 is 29.0 Å². The molecule has 4 rings (SSSR count). The summed E-state index contributed by atoms with van der Waals surface area (Å²) in [7, 11) is 1.60. The SMILES string of the molecule is COc1ccc2c(O[C@H]3C[C@@H](C(=O)O)N(C(=O)C(NC(=O)NC(C)(C)C)C(C)(C)C)C3)cc(C3CC3)nc2c1. The van der Waals surface area contributed by atoms with Gasteiger partial charge in [-0.15, -0.1) is 0 Å². The van der Waals surface area contributed by atoms with Crippen molar-refractivity contribution in [1.82, 2.24) is 20.5 Å². The standard InChI is InChI=1S/C29H40N4O6/c1-28(2,3)24(31-27(37)32-29(4,5)6)25(34)33-15-18(13-22(33)26(35)36)39-23-14-20(16-8-9-16)30-21-12-17(38-7)10-11-19(21)23/h10-12,14,16,18,22,24H,8-9,13,15H2,1-7H3,(H,35,36)(H2,31,32,37)/t18-,22-,24?/m0/s1. The van der Waals surface area contributed by atoms with Gasteiger partial charge in [0.05, 0.1) is 19.2 Å². The summed E-state index contributed by atoms with van der Waals surface area (Å²) in [6, 6.07) is 5.02. The van der Waals surface area contributed by atoms with E-state index in [1.54, 1.807) is 7.11 Å². The van der Waals surface area contributed by atoms with Crippen LogP contribution in [0, 0.1) is 5.41 Å². The molecular weight excluding hydrogens is 500 g/mol. The molecule has 3 atom stereocenters. The van der Waals surface area contributed by atoms with Crippen molar-refractivity contribution in [3.63, 3.8) is 0 Å². The number of pyridine rings is 1. The van der Waals surface area contributed by atoms with Crippen molar-refractivity contribution in [2.24, 2.45) is 5.41 Å². The molecule has 212 valence electrons. The molecule has 2 heterocycles. The highest BCUT2D eigenvalue weighted by Gasteiger charge is 2.46. The largest absolute Gasteiger partial charge is 0.497 e. The molecule has 1 saturated heterocycles. The van der Waals surface area contributed by atoms with Gasteiger partial charge in [-0.3, -0.25) is 9.78 Å². The Bertz CT molecular complexity index is 1260. The van der Waals surface area contributed by atoms with E-state index in [4.69, 9.17) is 14.5 Å². The molecule has 2 fully saturated rings. The van der Waals surface area contributed by atoms with Crippen molar-refractivity contribution in [2.75, 3.05) is 13.7 Å². The Morgan fingerprint density at radius 1 is 1.10 bits per heavy atom. The van der Waals surface area contributed by atoms with Crippen LogP contribution >= 0.6 is 0 Å². The third-order valence-corrected chi connectivity index (χ3v) is 7.00. The lowest BCUT2D eigenvalue weighted by atomic mass is 9.85. The number of carbonyl (C=O) groups is 3. The maximum atomic E-state index is 13.8. The van der Waals surface area contributed by atoms with Crippen molar-refractivity contribution in [3.05, 3.63) is 30.0 Å². The van der Waals surface area contributed by atoms with Crippen LogP contribution in [0.15, 0.2) is 24.3 Å². The third-order valence-electron chi connectivity index (χ3n) is 7.00. The smallest absolute Gasteiger partial charge is 0.326 e. The number of carbonyl (C=O) groups excluding carboxylic acids is 2. The molecule has 0 radical (unpaired) electrons. The second-order valence-corrected chi connectivity index (χ2v) is 12.7. The lowest BCUT2D eigenvalue weighted by Crippen LogP contribution is -2.60. The average molecular weight is 541 g/mol. The topological polar surface area (TPSA) is 130 Å². The molecule has 1 aromatic heterocycles. The normalized spacial score (nSPS) is 20.4. The van der Waals surface area contributed by atoms with E-state index in [-0.39, 0.29) is 13.0 Å². The number of aliphatic carboxylic acids is 1. The van der Waals surface area contributed by atoms with E-state index >= 15 is 0 Å². The van der Waals surface area contributed by atoms with E-state index in [2.05, 4.69) is 10.6 Å². The molecule has 1 aliphatic carbocycles. The Hall–Kier alpha value is -3.56. The molecule has 1 saturated carbocycles. The minimum absolute atomic E-state index is 0.0870.